The number of hydrogen-bond acceptors (Lipinski definition) is 0. The molecular weight excluding hydrogens is 1310 g/mol. The standard InChI is InChI=1S/C54H35N3.C48H31N3/c1-2-13-36(14-3-1)37-25-29-40(30-26-37)55-51-23-10-6-19-45(51)47-33-38(27-31-53(47)55)39-28-32-54-48(34-39)46-20-7-11-24-52(46)57(54)42-16-12-15-41(35-42)56-49-21-8-4-17-43(49)44-18-5-9-22-50(44)56;1-2-13-34(14-3-1)49-45-23-10-6-19-39(45)41-29-32(25-27-47(41)49)33-26-28-48-42(30-33)40-20-7-11-24-46(40)51(48)36-16-12-15-35(31-36)50-43-21-8-4-17-37(43)38-18-5-9-22-44(38)50/h1-35H;1-31H. The third-order valence-electron chi connectivity index (χ3n) is 22.5. The lowest BCUT2D eigenvalue weighted by Crippen LogP contribution is -1.98. The minimum absolute atomic E-state index is 1.14. The molecule has 0 atom stereocenters. The quantitative estimate of drug-likeness (QED) is 0.138. The topological polar surface area (TPSA) is 29.6 Å². The van der Waals surface area contributed by atoms with Gasteiger partial charge in [0.2, 0.25) is 0 Å². The first-order valence-electron chi connectivity index (χ1n) is 37.1. The molecule has 0 unspecified atom stereocenters. The van der Waals surface area contributed by atoms with E-state index < -0.39 is 0 Å². The molecule has 0 spiro atoms. The summed E-state index contributed by atoms with van der Waals surface area (Å²) in [4.78, 5) is 0. The van der Waals surface area contributed by atoms with Crippen LogP contribution in [0.5, 0.6) is 0 Å². The van der Waals surface area contributed by atoms with Gasteiger partial charge >= 0.3 is 0 Å². The summed E-state index contributed by atoms with van der Waals surface area (Å²) >= 11 is 0. The van der Waals surface area contributed by atoms with Crippen molar-refractivity contribution in [1.82, 2.24) is 27.4 Å². The molecule has 17 aromatic carbocycles. The molecule has 6 aromatic heterocycles. The van der Waals surface area contributed by atoms with Gasteiger partial charge in [0, 0.05) is 98.8 Å². The van der Waals surface area contributed by atoms with E-state index in [2.05, 4.69) is 428 Å². The summed E-state index contributed by atoms with van der Waals surface area (Å²) < 4.78 is 14.4. The number of para-hydroxylation sites is 9. The third kappa shape index (κ3) is 9.60. The van der Waals surface area contributed by atoms with Gasteiger partial charge in [-0.05, 0) is 191 Å². The first kappa shape index (κ1) is 61.1. The predicted molar refractivity (Wildman–Crippen MR) is 455 cm³/mol. The second-order valence-corrected chi connectivity index (χ2v) is 28.4. The number of rotatable bonds is 9. The molecule has 23 aromatic rings. The number of fused-ring (bicyclic) bond motifs is 18. The Morgan fingerprint density at radius 2 is 0.287 bits per heavy atom. The Balaban J connectivity index is 0.000000135. The second-order valence-electron chi connectivity index (χ2n) is 28.4. The molecule has 0 aliphatic carbocycles. The minimum atomic E-state index is 1.14. The summed E-state index contributed by atoms with van der Waals surface area (Å²) in [6.07, 6.45) is 0. The van der Waals surface area contributed by atoms with E-state index in [0.29, 0.717) is 0 Å². The fraction of sp³-hybridized carbons (Fsp3) is 0. The molecule has 0 aliphatic heterocycles. The number of hydrogen-bond donors (Lipinski definition) is 0. The van der Waals surface area contributed by atoms with Gasteiger partial charge in [-0.1, -0.05) is 243 Å². The Kier molecular flexibility index (Phi) is 13.9. The maximum Gasteiger partial charge on any atom is 0.0541 e. The van der Waals surface area contributed by atoms with Gasteiger partial charge in [-0.15, -0.1) is 0 Å². The van der Waals surface area contributed by atoms with Crippen molar-refractivity contribution in [2.45, 2.75) is 0 Å². The number of benzene rings is 17. The molecule has 6 nitrogen and oxygen atoms in total. The lowest BCUT2D eigenvalue weighted by molar-refractivity contribution is 1.13. The van der Waals surface area contributed by atoms with Gasteiger partial charge in [0.05, 0.1) is 66.2 Å². The van der Waals surface area contributed by atoms with E-state index in [-0.39, 0.29) is 0 Å². The second kappa shape index (κ2) is 24.6. The van der Waals surface area contributed by atoms with Crippen LogP contribution in [0.2, 0.25) is 0 Å². The molecule has 6 heterocycles. The molecule has 108 heavy (non-hydrogen) atoms. The van der Waals surface area contributed by atoms with Gasteiger partial charge in [0.1, 0.15) is 0 Å². The summed E-state index contributed by atoms with van der Waals surface area (Å²) in [5.41, 5.74) is 28.7. The van der Waals surface area contributed by atoms with Crippen LogP contribution < -0.4 is 0 Å². The van der Waals surface area contributed by atoms with Crippen LogP contribution in [0, 0.1) is 0 Å². The average Bonchev–Trinajstić information content (AvgIpc) is 1.58. The number of nitrogens with zero attached hydrogens (tertiary/aromatic N) is 6. The molecule has 504 valence electrons. The maximum absolute atomic E-state index is 2.42. The molecule has 23 rings (SSSR count). The summed E-state index contributed by atoms with van der Waals surface area (Å²) in [6, 6.07) is 146. The molecule has 0 fully saturated rings. The lowest BCUT2D eigenvalue weighted by Gasteiger charge is -2.13. The van der Waals surface area contributed by atoms with Crippen LogP contribution in [-0.4, -0.2) is 27.4 Å². The van der Waals surface area contributed by atoms with Crippen LogP contribution in [0.1, 0.15) is 0 Å². The van der Waals surface area contributed by atoms with Gasteiger partial charge in [0.25, 0.3) is 0 Å². The van der Waals surface area contributed by atoms with Crippen LogP contribution in [0.3, 0.4) is 0 Å². The third-order valence-corrected chi connectivity index (χ3v) is 22.5. The highest BCUT2D eigenvalue weighted by molar-refractivity contribution is 6.16. The highest BCUT2D eigenvalue weighted by atomic mass is 15.0. The Hall–Kier alpha value is -14.5. The zero-order valence-electron chi connectivity index (χ0n) is 58.8. The Labute approximate surface area is 622 Å². The molecule has 0 saturated carbocycles. The van der Waals surface area contributed by atoms with Gasteiger partial charge in [-0.25, -0.2) is 0 Å². The molecule has 0 bridgehead atoms. The van der Waals surface area contributed by atoms with E-state index >= 15 is 0 Å². The molecule has 0 N–H and O–H groups in total. The van der Waals surface area contributed by atoms with Crippen LogP contribution in [-0.2, 0) is 0 Å². The molecule has 6 heteroatoms. The van der Waals surface area contributed by atoms with Crippen molar-refractivity contribution < 1.29 is 0 Å². The maximum atomic E-state index is 2.42. The Bertz CT molecular complexity index is 7440. The highest BCUT2D eigenvalue weighted by Gasteiger charge is 2.22. The van der Waals surface area contributed by atoms with Crippen molar-refractivity contribution in [2.75, 3.05) is 0 Å². The summed E-state index contributed by atoms with van der Waals surface area (Å²) in [5.74, 6) is 0. The fourth-order valence-corrected chi connectivity index (χ4v) is 17.7. The van der Waals surface area contributed by atoms with Crippen molar-refractivity contribution in [2.24, 2.45) is 0 Å². The van der Waals surface area contributed by atoms with E-state index in [1.54, 1.807) is 0 Å². The van der Waals surface area contributed by atoms with Crippen molar-refractivity contribution in [1.29, 1.82) is 0 Å². The average molecular weight is 1380 g/mol. The molecule has 0 amide bonds. The molecular formula is C102H66N6. The monoisotopic (exact) mass is 1370 g/mol. The zero-order valence-corrected chi connectivity index (χ0v) is 58.8. The summed E-state index contributed by atoms with van der Waals surface area (Å²) in [5, 5.41) is 15.1. The van der Waals surface area contributed by atoms with E-state index in [0.717, 1.165) is 28.4 Å². The fourth-order valence-electron chi connectivity index (χ4n) is 17.7. The first-order valence-corrected chi connectivity index (χ1v) is 37.1. The highest BCUT2D eigenvalue weighted by Crippen LogP contribution is 2.43. The van der Waals surface area contributed by atoms with Gasteiger partial charge in [-0.3, -0.25) is 0 Å². The zero-order chi connectivity index (χ0) is 70.9. The smallest absolute Gasteiger partial charge is 0.0541 e. The molecule has 0 saturated heterocycles. The minimum Gasteiger partial charge on any atom is -0.309 e. The lowest BCUT2D eigenvalue weighted by atomic mass is 10.0. The van der Waals surface area contributed by atoms with E-state index in [1.165, 1.54) is 170 Å². The Morgan fingerprint density at radius 1 is 0.102 bits per heavy atom. The first-order chi connectivity index (χ1) is 53.6. The van der Waals surface area contributed by atoms with Crippen molar-refractivity contribution in [3.8, 4) is 67.5 Å². The molecule has 0 radical (unpaired) electrons. The van der Waals surface area contributed by atoms with E-state index in [1.807, 2.05) is 0 Å². The van der Waals surface area contributed by atoms with Crippen molar-refractivity contribution >= 4 is 131 Å². The van der Waals surface area contributed by atoms with E-state index in [4.69, 9.17) is 0 Å². The largest absolute Gasteiger partial charge is 0.309 e. The van der Waals surface area contributed by atoms with Crippen LogP contribution in [0.4, 0.5) is 0 Å². The van der Waals surface area contributed by atoms with E-state index in [9.17, 15) is 0 Å². The van der Waals surface area contributed by atoms with Gasteiger partial charge < -0.3 is 27.4 Å². The van der Waals surface area contributed by atoms with Crippen LogP contribution in [0.15, 0.2) is 400 Å². The predicted octanol–water partition coefficient (Wildman–Crippen LogP) is 27.0. The Morgan fingerprint density at radius 3 is 0.565 bits per heavy atom. The summed E-state index contributed by atoms with van der Waals surface area (Å²) in [6.45, 7) is 0. The SMILES string of the molecule is c1ccc(-c2ccc(-n3c4ccccc4c4cc(-c5ccc6c(c5)c5ccccc5n6-c5cccc(-n6c7ccccc7c7ccccc76)c5)ccc43)cc2)cc1.c1ccc(-n2c3ccccc3c3cc(-c4ccc5c(c4)c4ccccc4n5-c4cccc(-n5c6ccccc6c6ccccc65)c4)ccc32)cc1. The van der Waals surface area contributed by atoms with Crippen LogP contribution >= 0.6 is 0 Å². The van der Waals surface area contributed by atoms with Gasteiger partial charge in [-0.2, -0.15) is 0 Å². The van der Waals surface area contributed by atoms with Crippen molar-refractivity contribution in [3.05, 3.63) is 400 Å². The van der Waals surface area contributed by atoms with Crippen molar-refractivity contribution in [3.63, 3.8) is 0 Å². The van der Waals surface area contributed by atoms with Crippen LogP contribution in [0.25, 0.3) is 198 Å². The molecule has 0 aliphatic rings. The summed E-state index contributed by atoms with van der Waals surface area (Å²) in [7, 11) is 0. The van der Waals surface area contributed by atoms with Gasteiger partial charge in [0.15, 0.2) is 0 Å². The normalized spacial score (nSPS) is 11.9. The number of aromatic nitrogens is 6.